The van der Waals surface area contributed by atoms with E-state index in [2.05, 4.69) is 12.2 Å². The number of rotatable bonds is 5. The summed E-state index contributed by atoms with van der Waals surface area (Å²) in [5.74, 6) is 1.70. The molecule has 0 aromatic heterocycles. The summed E-state index contributed by atoms with van der Waals surface area (Å²) in [5.41, 5.74) is 0.214. The standard InChI is InChI=1S/C14H21NO/c1-11-8-12(11)9-15-10-14(2,16)13-6-4-3-5-7-13/h3-7,11-12,15-16H,8-10H2,1-2H3. The van der Waals surface area contributed by atoms with Crippen molar-refractivity contribution in [1.29, 1.82) is 0 Å². The summed E-state index contributed by atoms with van der Waals surface area (Å²) in [4.78, 5) is 0. The minimum atomic E-state index is -0.764. The Balaban J connectivity index is 1.83. The van der Waals surface area contributed by atoms with Gasteiger partial charge >= 0.3 is 0 Å². The van der Waals surface area contributed by atoms with Crippen LogP contribution in [-0.2, 0) is 5.60 Å². The van der Waals surface area contributed by atoms with Crippen molar-refractivity contribution in [1.82, 2.24) is 5.32 Å². The van der Waals surface area contributed by atoms with Gasteiger partial charge in [-0.05, 0) is 37.3 Å². The molecule has 0 spiro atoms. The second-order valence-electron chi connectivity index (χ2n) is 5.24. The van der Waals surface area contributed by atoms with Gasteiger partial charge in [0.2, 0.25) is 0 Å². The van der Waals surface area contributed by atoms with Gasteiger partial charge in [-0.1, -0.05) is 37.3 Å². The zero-order valence-electron chi connectivity index (χ0n) is 10.1. The van der Waals surface area contributed by atoms with Crippen molar-refractivity contribution >= 4 is 0 Å². The molecule has 1 aliphatic carbocycles. The Bertz CT molecular complexity index is 334. The van der Waals surface area contributed by atoms with Gasteiger partial charge in [-0.15, -0.1) is 0 Å². The number of benzene rings is 1. The molecule has 0 radical (unpaired) electrons. The van der Waals surface area contributed by atoms with Gasteiger partial charge in [0.25, 0.3) is 0 Å². The van der Waals surface area contributed by atoms with Crippen molar-refractivity contribution in [3.05, 3.63) is 35.9 Å². The number of hydrogen-bond donors (Lipinski definition) is 2. The molecule has 2 rings (SSSR count). The average molecular weight is 219 g/mol. The van der Waals surface area contributed by atoms with Gasteiger partial charge in [-0.3, -0.25) is 0 Å². The predicted molar refractivity (Wildman–Crippen MR) is 66.2 cm³/mol. The molecule has 88 valence electrons. The summed E-state index contributed by atoms with van der Waals surface area (Å²) in [6.07, 6.45) is 1.33. The molecule has 0 saturated heterocycles. The van der Waals surface area contributed by atoms with Crippen LogP contribution in [0.4, 0.5) is 0 Å². The lowest BCUT2D eigenvalue weighted by atomic mass is 9.96. The van der Waals surface area contributed by atoms with Crippen LogP contribution in [0.25, 0.3) is 0 Å². The van der Waals surface area contributed by atoms with Crippen molar-refractivity contribution in [2.24, 2.45) is 11.8 Å². The Morgan fingerprint density at radius 1 is 1.38 bits per heavy atom. The maximum Gasteiger partial charge on any atom is 0.0992 e. The molecule has 0 aliphatic heterocycles. The van der Waals surface area contributed by atoms with Gasteiger partial charge in [-0.2, -0.15) is 0 Å². The van der Waals surface area contributed by atoms with Crippen LogP contribution in [0.1, 0.15) is 25.8 Å². The summed E-state index contributed by atoms with van der Waals surface area (Å²) in [6.45, 7) is 5.80. The van der Waals surface area contributed by atoms with Gasteiger partial charge in [0.15, 0.2) is 0 Å². The predicted octanol–water partition coefficient (Wildman–Crippen LogP) is 2.14. The van der Waals surface area contributed by atoms with Crippen molar-refractivity contribution in [3.63, 3.8) is 0 Å². The largest absolute Gasteiger partial charge is 0.384 e. The summed E-state index contributed by atoms with van der Waals surface area (Å²) >= 11 is 0. The van der Waals surface area contributed by atoms with E-state index in [1.165, 1.54) is 6.42 Å². The summed E-state index contributed by atoms with van der Waals surface area (Å²) < 4.78 is 0. The molecule has 2 nitrogen and oxygen atoms in total. The lowest BCUT2D eigenvalue weighted by Gasteiger charge is -2.24. The SMILES string of the molecule is CC1CC1CNCC(C)(O)c1ccccc1. The third kappa shape index (κ3) is 2.83. The highest BCUT2D eigenvalue weighted by Gasteiger charge is 2.32. The highest BCUT2D eigenvalue weighted by atomic mass is 16.3. The van der Waals surface area contributed by atoms with Crippen LogP contribution in [0.5, 0.6) is 0 Å². The molecular formula is C14H21NO. The van der Waals surface area contributed by atoms with Crippen LogP contribution in [0.3, 0.4) is 0 Å². The first kappa shape index (κ1) is 11.6. The highest BCUT2D eigenvalue weighted by Crippen LogP contribution is 2.36. The van der Waals surface area contributed by atoms with Crippen LogP contribution in [-0.4, -0.2) is 18.2 Å². The van der Waals surface area contributed by atoms with E-state index in [0.29, 0.717) is 6.54 Å². The Labute approximate surface area is 97.7 Å². The molecule has 3 unspecified atom stereocenters. The van der Waals surface area contributed by atoms with E-state index in [0.717, 1.165) is 23.9 Å². The molecule has 0 bridgehead atoms. The molecule has 3 atom stereocenters. The number of nitrogens with one attached hydrogen (secondary N) is 1. The van der Waals surface area contributed by atoms with Gasteiger partial charge in [0.1, 0.15) is 0 Å². The third-order valence-electron chi connectivity index (χ3n) is 3.55. The number of hydrogen-bond acceptors (Lipinski definition) is 2. The van der Waals surface area contributed by atoms with Crippen molar-refractivity contribution in [2.45, 2.75) is 25.9 Å². The Kier molecular flexibility index (Phi) is 3.31. The maximum atomic E-state index is 10.3. The minimum Gasteiger partial charge on any atom is -0.384 e. The normalized spacial score (nSPS) is 27.4. The minimum absolute atomic E-state index is 0.625. The molecule has 1 aliphatic rings. The number of aliphatic hydroxyl groups is 1. The third-order valence-corrected chi connectivity index (χ3v) is 3.55. The van der Waals surface area contributed by atoms with Crippen molar-refractivity contribution in [2.75, 3.05) is 13.1 Å². The first-order chi connectivity index (χ1) is 7.59. The molecule has 0 amide bonds. The van der Waals surface area contributed by atoms with E-state index >= 15 is 0 Å². The maximum absolute atomic E-state index is 10.3. The van der Waals surface area contributed by atoms with Crippen LogP contribution in [0.2, 0.25) is 0 Å². The Hall–Kier alpha value is -0.860. The second kappa shape index (κ2) is 4.56. The Morgan fingerprint density at radius 2 is 2.00 bits per heavy atom. The summed E-state index contributed by atoms with van der Waals surface area (Å²) in [7, 11) is 0. The van der Waals surface area contributed by atoms with Crippen molar-refractivity contribution in [3.8, 4) is 0 Å². The molecular weight excluding hydrogens is 198 g/mol. The molecule has 2 N–H and O–H groups in total. The van der Waals surface area contributed by atoms with E-state index in [1.54, 1.807) is 0 Å². The van der Waals surface area contributed by atoms with Crippen LogP contribution >= 0.6 is 0 Å². The van der Waals surface area contributed by atoms with Crippen LogP contribution in [0.15, 0.2) is 30.3 Å². The van der Waals surface area contributed by atoms with Crippen molar-refractivity contribution < 1.29 is 5.11 Å². The molecule has 1 fully saturated rings. The summed E-state index contributed by atoms with van der Waals surface area (Å²) in [6, 6.07) is 9.85. The first-order valence-electron chi connectivity index (χ1n) is 6.08. The fourth-order valence-corrected chi connectivity index (χ4v) is 2.08. The lowest BCUT2D eigenvalue weighted by molar-refractivity contribution is 0.0568. The van der Waals surface area contributed by atoms with Gasteiger partial charge in [0, 0.05) is 6.54 Å². The van der Waals surface area contributed by atoms with Crippen LogP contribution in [0, 0.1) is 11.8 Å². The summed E-state index contributed by atoms with van der Waals surface area (Å²) in [5, 5.41) is 13.7. The monoisotopic (exact) mass is 219 g/mol. The van der Waals surface area contributed by atoms with E-state index < -0.39 is 5.60 Å². The zero-order valence-corrected chi connectivity index (χ0v) is 10.1. The fraction of sp³-hybridized carbons (Fsp3) is 0.571. The zero-order chi connectivity index (χ0) is 11.6. The van der Waals surface area contributed by atoms with Crippen LogP contribution < -0.4 is 5.32 Å². The molecule has 0 heterocycles. The van der Waals surface area contributed by atoms with Gasteiger partial charge < -0.3 is 10.4 Å². The van der Waals surface area contributed by atoms with Gasteiger partial charge in [0.05, 0.1) is 5.60 Å². The smallest absolute Gasteiger partial charge is 0.0992 e. The lowest BCUT2D eigenvalue weighted by Crippen LogP contribution is -2.36. The molecule has 16 heavy (non-hydrogen) atoms. The average Bonchev–Trinajstić information content (AvgIpc) is 2.96. The fourth-order valence-electron chi connectivity index (χ4n) is 2.08. The van der Waals surface area contributed by atoms with E-state index in [1.807, 2.05) is 37.3 Å². The molecule has 1 aromatic carbocycles. The molecule has 2 heteroatoms. The van der Waals surface area contributed by atoms with E-state index in [4.69, 9.17) is 0 Å². The Morgan fingerprint density at radius 3 is 2.56 bits per heavy atom. The van der Waals surface area contributed by atoms with E-state index in [9.17, 15) is 5.11 Å². The topological polar surface area (TPSA) is 32.3 Å². The van der Waals surface area contributed by atoms with Gasteiger partial charge in [-0.25, -0.2) is 0 Å². The highest BCUT2D eigenvalue weighted by molar-refractivity contribution is 5.21. The molecule has 1 saturated carbocycles. The quantitative estimate of drug-likeness (QED) is 0.795. The second-order valence-corrected chi connectivity index (χ2v) is 5.24. The first-order valence-corrected chi connectivity index (χ1v) is 6.08. The van der Waals surface area contributed by atoms with E-state index in [-0.39, 0.29) is 0 Å². The molecule has 1 aromatic rings.